The fourth-order valence-corrected chi connectivity index (χ4v) is 9.60. The molecule has 1 aliphatic rings. The van der Waals surface area contributed by atoms with E-state index < -0.39 is 28.5 Å². The zero-order valence-corrected chi connectivity index (χ0v) is 39.4. The van der Waals surface area contributed by atoms with Gasteiger partial charge in [0.15, 0.2) is 5.82 Å². The van der Waals surface area contributed by atoms with E-state index >= 15 is 4.39 Å². The highest BCUT2D eigenvalue weighted by molar-refractivity contribution is 7.92. The van der Waals surface area contributed by atoms with E-state index in [9.17, 15) is 18.0 Å². The zero-order chi connectivity index (χ0) is 49.1. The number of carbonyl (C=O) groups is 2. The average Bonchev–Trinajstić information content (AvgIpc) is 3.85. The molecule has 3 N–H and O–H groups in total. The highest BCUT2D eigenvalue weighted by atomic mass is 32.2. The number of hydrogen-bond donors (Lipinski definition) is 3. The summed E-state index contributed by atoms with van der Waals surface area (Å²) in [6.45, 7) is 2.04. The number of amides is 2. The largest absolute Gasteiger partial charge is 0.487 e. The number of nitrogens with one attached hydrogen (secondary N) is 3. The Morgan fingerprint density at radius 3 is 2.03 bits per heavy atom. The maximum absolute atomic E-state index is 16.3. The summed E-state index contributed by atoms with van der Waals surface area (Å²) in [5.41, 5.74) is 8.51. The van der Waals surface area contributed by atoms with Gasteiger partial charge in [-0.2, -0.15) is 18.5 Å². The summed E-state index contributed by atoms with van der Waals surface area (Å²) >= 11 is 0. The maximum Gasteiger partial charge on any atom is 0.326 e. The molecule has 71 heavy (non-hydrogen) atoms. The number of hydrogen-bond acceptors (Lipinski definition) is 10. The number of aryl methyl sites for hydroxylation is 2. The number of halogens is 1. The smallest absolute Gasteiger partial charge is 0.326 e. The first kappa shape index (κ1) is 46.0. The molecular formula is C55H46FN7O7S. The van der Waals surface area contributed by atoms with E-state index in [0.717, 1.165) is 55.7 Å². The number of pyridine rings is 1. The molecule has 1 aliphatic heterocycles. The van der Waals surface area contributed by atoms with Gasteiger partial charge >= 0.3 is 10.2 Å². The first-order valence-corrected chi connectivity index (χ1v) is 24.1. The molecule has 7 aromatic carbocycles. The number of carbonyl (C=O) groups excluding carboxylic acids is 2. The van der Waals surface area contributed by atoms with Gasteiger partial charge in [0.05, 0.1) is 17.5 Å². The van der Waals surface area contributed by atoms with E-state index in [-0.39, 0.29) is 35.8 Å². The Hall–Kier alpha value is -8.76. The Bertz CT molecular complexity index is 3580. The van der Waals surface area contributed by atoms with Crippen molar-refractivity contribution in [1.82, 2.24) is 19.5 Å². The van der Waals surface area contributed by atoms with E-state index in [1.807, 2.05) is 163 Å². The minimum absolute atomic E-state index is 0.00664. The minimum atomic E-state index is -4.36. The highest BCUT2D eigenvalue weighted by Gasteiger charge is 2.38. The molecule has 3 heterocycles. The molecule has 0 radical (unpaired) electrons. The highest BCUT2D eigenvalue weighted by Crippen LogP contribution is 2.41. The number of nitrogens with zero attached hydrogens (tertiary/aromatic N) is 4. The Labute approximate surface area is 408 Å². The molecular weight excluding hydrogens is 922 g/mol. The Kier molecular flexibility index (Phi) is 12.8. The predicted octanol–water partition coefficient (Wildman–Crippen LogP) is 10.1. The van der Waals surface area contributed by atoms with Crippen molar-refractivity contribution >= 4 is 66.4 Å². The normalized spacial score (nSPS) is 13.0. The molecule has 9 aromatic rings. The van der Waals surface area contributed by atoms with E-state index in [0.29, 0.717) is 46.0 Å². The van der Waals surface area contributed by atoms with Crippen LogP contribution in [0.25, 0.3) is 32.9 Å². The van der Waals surface area contributed by atoms with Crippen molar-refractivity contribution in [2.24, 2.45) is 7.05 Å². The van der Waals surface area contributed by atoms with Gasteiger partial charge in [-0.15, -0.1) is 0 Å². The van der Waals surface area contributed by atoms with Crippen molar-refractivity contribution in [1.29, 1.82) is 0 Å². The van der Waals surface area contributed by atoms with Crippen LogP contribution in [0.5, 0.6) is 17.5 Å². The van der Waals surface area contributed by atoms with Gasteiger partial charge in [-0.3, -0.25) is 14.3 Å². The lowest BCUT2D eigenvalue weighted by atomic mass is 10.0. The van der Waals surface area contributed by atoms with Gasteiger partial charge in [0.2, 0.25) is 17.7 Å². The minimum Gasteiger partial charge on any atom is -0.487 e. The van der Waals surface area contributed by atoms with Crippen LogP contribution in [0.3, 0.4) is 0 Å². The SMILES string of the molecule is Cc1cc(CC(=O)Nc2ccc3c(F)c(N4CC(=O)NS4(=O)=O)c(OCc4ccccc4)cc3c2)ccc1Nc1ccc2c(-c3ccc(OCc4ccccc4)nc3OCc3ccccc3)nn(C)c2c1. The van der Waals surface area contributed by atoms with Gasteiger partial charge in [0, 0.05) is 40.9 Å². The molecule has 1 saturated heterocycles. The zero-order valence-electron chi connectivity index (χ0n) is 38.6. The van der Waals surface area contributed by atoms with E-state index in [1.54, 1.807) is 6.07 Å². The second-order valence-corrected chi connectivity index (χ2v) is 18.6. The first-order valence-electron chi connectivity index (χ1n) is 22.7. The predicted molar refractivity (Wildman–Crippen MR) is 271 cm³/mol. The summed E-state index contributed by atoms with van der Waals surface area (Å²) in [6.07, 6.45) is 0.0571. The van der Waals surface area contributed by atoms with Crippen molar-refractivity contribution in [3.63, 3.8) is 0 Å². The molecule has 0 bridgehead atoms. The molecule has 0 spiro atoms. The molecule has 2 amide bonds. The lowest BCUT2D eigenvalue weighted by molar-refractivity contribution is -0.117. The molecule has 0 atom stereocenters. The molecule has 1 fully saturated rings. The topological polar surface area (TPSA) is 166 Å². The summed E-state index contributed by atoms with van der Waals surface area (Å²) in [7, 11) is -2.46. The summed E-state index contributed by atoms with van der Waals surface area (Å²) < 4.78 is 64.9. The molecule has 14 nitrogen and oxygen atoms in total. The van der Waals surface area contributed by atoms with Crippen LogP contribution in [-0.4, -0.2) is 41.5 Å². The van der Waals surface area contributed by atoms with Crippen LogP contribution in [0.2, 0.25) is 0 Å². The van der Waals surface area contributed by atoms with E-state index in [4.69, 9.17) is 24.3 Å². The summed E-state index contributed by atoms with van der Waals surface area (Å²) in [6, 6.07) is 50.6. The molecule has 10 rings (SSSR count). The van der Waals surface area contributed by atoms with Crippen LogP contribution in [0, 0.1) is 12.7 Å². The fraction of sp³-hybridized carbons (Fsp3) is 0.127. The summed E-state index contributed by atoms with van der Waals surface area (Å²) in [5, 5.41) is 12.7. The summed E-state index contributed by atoms with van der Waals surface area (Å²) in [5.74, 6) is -1.22. The number of anilines is 4. The lowest BCUT2D eigenvalue weighted by Gasteiger charge is -2.21. The lowest BCUT2D eigenvalue weighted by Crippen LogP contribution is -2.30. The van der Waals surface area contributed by atoms with Crippen LogP contribution in [-0.2, 0) is 53.1 Å². The van der Waals surface area contributed by atoms with Crippen LogP contribution >= 0.6 is 0 Å². The quantitative estimate of drug-likeness (QED) is 0.0849. The average molecular weight is 968 g/mol. The van der Waals surface area contributed by atoms with E-state index in [1.165, 1.54) is 18.2 Å². The van der Waals surface area contributed by atoms with Gasteiger partial charge in [0.1, 0.15) is 43.5 Å². The van der Waals surface area contributed by atoms with Gasteiger partial charge < -0.3 is 24.8 Å². The second-order valence-electron chi connectivity index (χ2n) is 17.0. The third-order valence-corrected chi connectivity index (χ3v) is 13.3. The molecule has 356 valence electrons. The second kappa shape index (κ2) is 19.7. The number of ether oxygens (including phenoxy) is 3. The standard InChI is InChI=1S/C55H46FN7O7S/c1-35-26-39(27-49(64)58-41-19-21-43-40(28-41)29-48(68-32-36-12-6-3-7-13-36)54(52(43)56)63-31-50(65)61-71(63,66)67)18-24-46(35)57-42-20-22-44-47(30-42)62(2)60-53(44)45-23-25-51(69-33-37-14-8-4-9-15-37)59-55(45)70-34-38-16-10-5-11-17-38/h3-26,28-30,57H,27,31-34H2,1-2H3,(H,58,64)(H,61,65). The Balaban J connectivity index is 0.838. The molecule has 0 unspecified atom stereocenters. The number of aromatic nitrogens is 3. The number of rotatable bonds is 16. The van der Waals surface area contributed by atoms with Gasteiger partial charge in [-0.1, -0.05) is 103 Å². The van der Waals surface area contributed by atoms with Crippen molar-refractivity contribution in [2.75, 3.05) is 21.5 Å². The third-order valence-electron chi connectivity index (χ3n) is 11.9. The Morgan fingerprint density at radius 2 is 1.37 bits per heavy atom. The molecule has 0 saturated carbocycles. The maximum atomic E-state index is 16.3. The fourth-order valence-electron chi connectivity index (χ4n) is 8.44. The van der Waals surface area contributed by atoms with E-state index in [2.05, 4.69) is 10.6 Å². The van der Waals surface area contributed by atoms with Gasteiger partial charge in [0.25, 0.3) is 5.91 Å². The Morgan fingerprint density at radius 1 is 0.718 bits per heavy atom. The van der Waals surface area contributed by atoms with Crippen molar-refractivity contribution in [3.05, 3.63) is 197 Å². The van der Waals surface area contributed by atoms with Crippen molar-refractivity contribution in [2.45, 2.75) is 33.2 Å². The molecule has 16 heteroatoms. The van der Waals surface area contributed by atoms with Crippen molar-refractivity contribution < 1.29 is 36.6 Å². The molecule has 0 aliphatic carbocycles. The van der Waals surface area contributed by atoms with Gasteiger partial charge in [-0.05, 0) is 94.7 Å². The molecule has 2 aromatic heterocycles. The number of benzene rings is 7. The monoisotopic (exact) mass is 967 g/mol. The van der Waals surface area contributed by atoms with Gasteiger partial charge in [-0.25, -0.2) is 13.4 Å². The third kappa shape index (κ3) is 10.2. The van der Waals surface area contributed by atoms with Crippen LogP contribution in [0.1, 0.15) is 27.8 Å². The van der Waals surface area contributed by atoms with Crippen LogP contribution in [0.15, 0.2) is 164 Å². The number of fused-ring (bicyclic) bond motifs is 2. The van der Waals surface area contributed by atoms with Crippen molar-refractivity contribution in [3.8, 4) is 28.8 Å². The first-order chi connectivity index (χ1) is 34.4. The van der Waals surface area contributed by atoms with Crippen LogP contribution in [0.4, 0.5) is 27.1 Å². The van der Waals surface area contributed by atoms with Crippen LogP contribution < -0.4 is 33.9 Å². The summed E-state index contributed by atoms with van der Waals surface area (Å²) in [4.78, 5) is 30.4.